The van der Waals surface area contributed by atoms with E-state index in [0.717, 1.165) is 0 Å². The average molecular weight is 250 g/mol. The number of nitrogen functional groups attached to an aromatic ring is 1. The number of hydrogen-bond donors (Lipinski definition) is 2. The van der Waals surface area contributed by atoms with Gasteiger partial charge in [0.05, 0.1) is 35.5 Å². The molecule has 0 unspecified atom stereocenters. The van der Waals surface area contributed by atoms with Crippen molar-refractivity contribution >= 4 is 28.9 Å². The average Bonchev–Trinajstić information content (AvgIpc) is 2.33. The Morgan fingerprint density at radius 2 is 2.00 bits per heavy atom. The van der Waals surface area contributed by atoms with Crippen LogP contribution in [0.15, 0.2) is 31.0 Å². The number of amides is 1. The second kappa shape index (κ2) is 4.75. The Labute approximate surface area is 102 Å². The fourth-order valence-corrected chi connectivity index (χ4v) is 1.36. The summed E-state index contributed by atoms with van der Waals surface area (Å²) < 4.78 is 0. The van der Waals surface area contributed by atoms with Crippen molar-refractivity contribution < 1.29 is 4.79 Å². The predicted octanol–water partition coefficient (Wildman–Crippen LogP) is 1.36. The summed E-state index contributed by atoms with van der Waals surface area (Å²) in [5.74, 6) is -0.387. The van der Waals surface area contributed by atoms with Crippen molar-refractivity contribution in [3.8, 4) is 0 Å². The molecule has 2 aromatic rings. The maximum absolute atomic E-state index is 11.9. The van der Waals surface area contributed by atoms with Crippen molar-refractivity contribution in [2.75, 3.05) is 11.1 Å². The SMILES string of the molecule is Nc1cnc(Cl)cc1C(=O)Nc1cncnc1. The van der Waals surface area contributed by atoms with Crippen LogP contribution in [0.1, 0.15) is 10.4 Å². The number of pyridine rings is 1. The standard InChI is InChI=1S/C10H8ClN5O/c11-9-1-7(8(12)4-15-9)10(17)16-6-2-13-5-14-3-6/h1-5H,12H2,(H,16,17). The smallest absolute Gasteiger partial charge is 0.258 e. The van der Waals surface area contributed by atoms with E-state index in [1.54, 1.807) is 0 Å². The molecule has 17 heavy (non-hydrogen) atoms. The normalized spacial score (nSPS) is 9.94. The van der Waals surface area contributed by atoms with Crippen molar-refractivity contribution in [3.63, 3.8) is 0 Å². The molecule has 86 valence electrons. The highest BCUT2D eigenvalue weighted by Gasteiger charge is 2.11. The van der Waals surface area contributed by atoms with E-state index in [4.69, 9.17) is 17.3 Å². The van der Waals surface area contributed by atoms with Gasteiger partial charge in [0.1, 0.15) is 11.5 Å². The molecule has 0 atom stereocenters. The van der Waals surface area contributed by atoms with E-state index in [0.29, 0.717) is 5.69 Å². The summed E-state index contributed by atoms with van der Waals surface area (Å²) in [7, 11) is 0. The van der Waals surface area contributed by atoms with Gasteiger partial charge < -0.3 is 11.1 Å². The van der Waals surface area contributed by atoms with E-state index in [1.807, 2.05) is 0 Å². The Bertz CT molecular complexity index is 546. The van der Waals surface area contributed by atoms with Gasteiger partial charge in [0.2, 0.25) is 0 Å². The summed E-state index contributed by atoms with van der Waals surface area (Å²) in [6, 6.07) is 1.40. The molecule has 0 fully saturated rings. The summed E-state index contributed by atoms with van der Waals surface area (Å²) in [6.45, 7) is 0. The Hall–Kier alpha value is -2.21. The van der Waals surface area contributed by atoms with Crippen LogP contribution in [0.5, 0.6) is 0 Å². The minimum atomic E-state index is -0.387. The van der Waals surface area contributed by atoms with Gasteiger partial charge in [-0.2, -0.15) is 0 Å². The number of nitrogens with one attached hydrogen (secondary N) is 1. The third-order valence-corrected chi connectivity index (χ3v) is 2.17. The van der Waals surface area contributed by atoms with Gasteiger partial charge in [0.15, 0.2) is 0 Å². The van der Waals surface area contributed by atoms with Crippen molar-refractivity contribution in [1.82, 2.24) is 15.0 Å². The van der Waals surface area contributed by atoms with Gasteiger partial charge in [-0.3, -0.25) is 4.79 Å². The summed E-state index contributed by atoms with van der Waals surface area (Å²) in [5.41, 5.74) is 6.62. The van der Waals surface area contributed by atoms with Gasteiger partial charge in [-0.1, -0.05) is 11.6 Å². The van der Waals surface area contributed by atoms with Crippen LogP contribution >= 0.6 is 11.6 Å². The van der Waals surface area contributed by atoms with Crippen molar-refractivity contribution in [1.29, 1.82) is 0 Å². The molecule has 0 saturated carbocycles. The maximum atomic E-state index is 11.9. The first-order chi connectivity index (χ1) is 8.16. The molecule has 3 N–H and O–H groups in total. The van der Waals surface area contributed by atoms with Crippen molar-refractivity contribution in [2.24, 2.45) is 0 Å². The van der Waals surface area contributed by atoms with Crippen LogP contribution in [0.2, 0.25) is 5.15 Å². The number of carbonyl (C=O) groups is 1. The van der Waals surface area contributed by atoms with E-state index in [2.05, 4.69) is 20.3 Å². The zero-order valence-corrected chi connectivity index (χ0v) is 9.35. The molecule has 0 spiro atoms. The Morgan fingerprint density at radius 1 is 1.29 bits per heavy atom. The predicted molar refractivity (Wildman–Crippen MR) is 63.6 cm³/mol. The van der Waals surface area contributed by atoms with Crippen LogP contribution in [-0.4, -0.2) is 20.9 Å². The van der Waals surface area contributed by atoms with E-state index in [1.165, 1.54) is 31.0 Å². The molecular formula is C10H8ClN5O. The maximum Gasteiger partial charge on any atom is 0.258 e. The number of hydrogen-bond acceptors (Lipinski definition) is 5. The van der Waals surface area contributed by atoms with E-state index in [9.17, 15) is 4.79 Å². The second-order valence-electron chi connectivity index (χ2n) is 3.18. The number of rotatable bonds is 2. The fraction of sp³-hybridized carbons (Fsp3) is 0. The number of nitrogens with two attached hydrogens (primary N) is 1. The lowest BCUT2D eigenvalue weighted by atomic mass is 10.2. The Morgan fingerprint density at radius 3 is 2.71 bits per heavy atom. The zero-order valence-electron chi connectivity index (χ0n) is 8.59. The molecule has 0 saturated heterocycles. The van der Waals surface area contributed by atoms with Crippen molar-refractivity contribution in [3.05, 3.63) is 41.7 Å². The third kappa shape index (κ3) is 2.67. The van der Waals surface area contributed by atoms with Crippen LogP contribution in [0, 0.1) is 0 Å². The number of aromatic nitrogens is 3. The summed E-state index contributed by atoms with van der Waals surface area (Å²) in [5, 5.41) is 2.80. The minimum absolute atomic E-state index is 0.202. The lowest BCUT2D eigenvalue weighted by Crippen LogP contribution is -2.14. The molecule has 0 radical (unpaired) electrons. The molecule has 0 aliphatic rings. The van der Waals surface area contributed by atoms with Crippen LogP contribution in [0.3, 0.4) is 0 Å². The van der Waals surface area contributed by atoms with Gasteiger partial charge in [-0.25, -0.2) is 15.0 Å². The van der Waals surface area contributed by atoms with Gasteiger partial charge in [-0.05, 0) is 6.07 Å². The van der Waals surface area contributed by atoms with Gasteiger partial charge in [-0.15, -0.1) is 0 Å². The molecule has 6 nitrogen and oxygen atoms in total. The molecular weight excluding hydrogens is 242 g/mol. The summed E-state index contributed by atoms with van der Waals surface area (Å²) >= 11 is 5.69. The van der Waals surface area contributed by atoms with Gasteiger partial charge in [0.25, 0.3) is 5.91 Å². The Balaban J connectivity index is 2.23. The van der Waals surface area contributed by atoms with E-state index in [-0.39, 0.29) is 22.3 Å². The molecule has 2 rings (SSSR count). The summed E-state index contributed by atoms with van der Waals surface area (Å²) in [4.78, 5) is 23.2. The van der Waals surface area contributed by atoms with Gasteiger partial charge in [0, 0.05) is 0 Å². The van der Waals surface area contributed by atoms with Crippen molar-refractivity contribution in [2.45, 2.75) is 0 Å². The minimum Gasteiger partial charge on any atom is -0.397 e. The lowest BCUT2D eigenvalue weighted by Gasteiger charge is -2.06. The molecule has 0 aliphatic heterocycles. The molecule has 7 heteroatoms. The zero-order chi connectivity index (χ0) is 12.3. The number of halogens is 1. The lowest BCUT2D eigenvalue weighted by molar-refractivity contribution is 0.102. The van der Waals surface area contributed by atoms with E-state index >= 15 is 0 Å². The highest BCUT2D eigenvalue weighted by atomic mass is 35.5. The van der Waals surface area contributed by atoms with Crippen LogP contribution in [0.25, 0.3) is 0 Å². The topological polar surface area (TPSA) is 93.8 Å². The van der Waals surface area contributed by atoms with Crippen LogP contribution in [-0.2, 0) is 0 Å². The van der Waals surface area contributed by atoms with Gasteiger partial charge >= 0.3 is 0 Å². The molecule has 1 amide bonds. The fourth-order valence-electron chi connectivity index (χ4n) is 1.20. The molecule has 2 heterocycles. The Kier molecular flexibility index (Phi) is 3.15. The quantitative estimate of drug-likeness (QED) is 0.784. The third-order valence-electron chi connectivity index (χ3n) is 1.96. The highest BCUT2D eigenvalue weighted by Crippen LogP contribution is 2.16. The summed E-state index contributed by atoms with van der Waals surface area (Å²) in [6.07, 6.45) is 5.65. The highest BCUT2D eigenvalue weighted by molar-refractivity contribution is 6.30. The van der Waals surface area contributed by atoms with Crippen LogP contribution in [0.4, 0.5) is 11.4 Å². The number of nitrogens with zero attached hydrogens (tertiary/aromatic N) is 3. The number of carbonyl (C=O) groups excluding carboxylic acids is 1. The monoisotopic (exact) mass is 249 g/mol. The number of anilines is 2. The molecule has 0 aliphatic carbocycles. The largest absolute Gasteiger partial charge is 0.397 e. The molecule has 2 aromatic heterocycles. The molecule has 0 bridgehead atoms. The first-order valence-corrected chi connectivity index (χ1v) is 5.02. The second-order valence-corrected chi connectivity index (χ2v) is 3.56. The first-order valence-electron chi connectivity index (χ1n) is 4.64. The first kappa shape index (κ1) is 11.3. The van der Waals surface area contributed by atoms with Crippen LogP contribution < -0.4 is 11.1 Å². The van der Waals surface area contributed by atoms with E-state index < -0.39 is 0 Å². The molecule has 0 aromatic carbocycles.